The number of nitrogens with zero attached hydrogens (tertiary/aromatic N) is 2. The smallest absolute Gasteiger partial charge is 0.328 e. The van der Waals surface area contributed by atoms with Crippen molar-refractivity contribution in [1.29, 1.82) is 0 Å². The number of carbonyl (C=O) groups is 2. The summed E-state index contributed by atoms with van der Waals surface area (Å²) in [5.74, 6) is 0.249. The van der Waals surface area contributed by atoms with Gasteiger partial charge < -0.3 is 24.7 Å². The van der Waals surface area contributed by atoms with Crippen LogP contribution in [-0.2, 0) is 16.0 Å². The lowest BCUT2D eigenvalue weighted by molar-refractivity contribution is -0.142. The number of aromatic amines is 1. The number of fused-ring (bicyclic) bond motifs is 1. The van der Waals surface area contributed by atoms with Gasteiger partial charge in [-0.3, -0.25) is 0 Å². The quantitative estimate of drug-likeness (QED) is 0.810. The number of imidazole rings is 1. The van der Waals surface area contributed by atoms with Crippen LogP contribution in [0, 0.1) is 0 Å². The van der Waals surface area contributed by atoms with Crippen molar-refractivity contribution < 1.29 is 19.1 Å². The molecule has 0 saturated heterocycles. The summed E-state index contributed by atoms with van der Waals surface area (Å²) in [4.78, 5) is 33.7. The van der Waals surface area contributed by atoms with Gasteiger partial charge in [0.05, 0.1) is 26.2 Å². The first-order valence-corrected chi connectivity index (χ1v) is 8.36. The molecule has 2 atom stereocenters. The van der Waals surface area contributed by atoms with Gasteiger partial charge in [0.25, 0.3) is 0 Å². The standard InChI is InChI=1S/C18H22N4O4/c1-11(17(23)26-3)21-18(24)22-9-8-14-15(20-10-19-14)16(22)12-4-6-13(25-2)7-5-12/h4-7,10-11,16H,8-9H2,1-3H3,(H,19,20)(H,21,24)/t11-,16-/m0/s1. The molecular formula is C18H22N4O4. The summed E-state index contributed by atoms with van der Waals surface area (Å²) in [5.41, 5.74) is 2.73. The Labute approximate surface area is 151 Å². The summed E-state index contributed by atoms with van der Waals surface area (Å²) in [6.07, 6.45) is 2.31. The molecule has 138 valence electrons. The predicted octanol–water partition coefficient (Wildman–Crippen LogP) is 1.64. The minimum absolute atomic E-state index is 0.336. The number of carbonyl (C=O) groups excluding carboxylic acids is 2. The molecule has 2 heterocycles. The van der Waals surface area contributed by atoms with Gasteiger partial charge in [-0.05, 0) is 24.6 Å². The second-order valence-corrected chi connectivity index (χ2v) is 6.08. The van der Waals surface area contributed by atoms with Gasteiger partial charge in [-0.15, -0.1) is 0 Å². The predicted molar refractivity (Wildman–Crippen MR) is 93.8 cm³/mol. The van der Waals surface area contributed by atoms with Crippen LogP contribution in [0.4, 0.5) is 4.79 Å². The van der Waals surface area contributed by atoms with Crippen LogP contribution in [0.2, 0.25) is 0 Å². The lowest BCUT2D eigenvalue weighted by Crippen LogP contribution is -2.50. The maximum atomic E-state index is 12.8. The Kier molecular flexibility index (Phi) is 5.11. The van der Waals surface area contributed by atoms with Crippen molar-refractivity contribution in [3.05, 3.63) is 47.5 Å². The molecule has 0 fully saturated rings. The molecule has 0 spiro atoms. The Morgan fingerprint density at radius 3 is 2.69 bits per heavy atom. The van der Waals surface area contributed by atoms with E-state index in [2.05, 4.69) is 20.0 Å². The molecule has 1 aromatic heterocycles. The number of urea groups is 1. The molecule has 0 bridgehead atoms. The van der Waals surface area contributed by atoms with E-state index in [1.54, 1.807) is 25.3 Å². The molecule has 8 heteroatoms. The van der Waals surface area contributed by atoms with E-state index >= 15 is 0 Å². The largest absolute Gasteiger partial charge is 0.497 e. The fourth-order valence-corrected chi connectivity index (χ4v) is 3.12. The Morgan fingerprint density at radius 2 is 2.04 bits per heavy atom. The highest BCUT2D eigenvalue weighted by atomic mass is 16.5. The highest BCUT2D eigenvalue weighted by Gasteiger charge is 2.35. The van der Waals surface area contributed by atoms with E-state index < -0.39 is 12.0 Å². The maximum absolute atomic E-state index is 12.8. The molecule has 1 aromatic carbocycles. The minimum atomic E-state index is -0.732. The van der Waals surface area contributed by atoms with Crippen molar-refractivity contribution in [3.63, 3.8) is 0 Å². The van der Waals surface area contributed by atoms with Crippen molar-refractivity contribution in [2.75, 3.05) is 20.8 Å². The molecule has 0 saturated carbocycles. The number of amides is 2. The third kappa shape index (κ3) is 3.35. The molecule has 2 N–H and O–H groups in total. The molecule has 8 nitrogen and oxygen atoms in total. The average molecular weight is 358 g/mol. The summed E-state index contributed by atoms with van der Waals surface area (Å²) in [5, 5.41) is 2.70. The first kappa shape index (κ1) is 17.8. The number of hydrogen-bond acceptors (Lipinski definition) is 5. The van der Waals surface area contributed by atoms with Crippen molar-refractivity contribution in [3.8, 4) is 5.75 Å². The topological polar surface area (TPSA) is 96.6 Å². The number of esters is 1. The SMILES string of the molecule is COC(=O)[C@H](C)NC(=O)N1CCc2[nH]cnc2[C@@H]1c1ccc(OC)cc1. The van der Waals surface area contributed by atoms with Crippen LogP contribution in [0.5, 0.6) is 5.75 Å². The highest BCUT2D eigenvalue weighted by molar-refractivity contribution is 5.83. The minimum Gasteiger partial charge on any atom is -0.497 e. The van der Waals surface area contributed by atoms with Crippen molar-refractivity contribution in [2.24, 2.45) is 0 Å². The summed E-state index contributed by atoms with van der Waals surface area (Å²) >= 11 is 0. The van der Waals surface area contributed by atoms with Gasteiger partial charge in [0.2, 0.25) is 0 Å². The molecule has 2 aromatic rings. The summed E-state index contributed by atoms with van der Waals surface area (Å²) in [7, 11) is 2.90. The monoisotopic (exact) mass is 358 g/mol. The van der Waals surface area contributed by atoms with Gasteiger partial charge in [0, 0.05) is 18.7 Å². The number of benzene rings is 1. The van der Waals surface area contributed by atoms with Crippen LogP contribution >= 0.6 is 0 Å². The first-order chi connectivity index (χ1) is 12.5. The van der Waals surface area contributed by atoms with Crippen LogP contribution < -0.4 is 10.1 Å². The zero-order chi connectivity index (χ0) is 18.7. The highest BCUT2D eigenvalue weighted by Crippen LogP contribution is 2.34. The number of ether oxygens (including phenoxy) is 2. The van der Waals surface area contributed by atoms with Gasteiger partial charge in [-0.2, -0.15) is 0 Å². The summed E-state index contributed by atoms with van der Waals surface area (Å²) < 4.78 is 9.89. The van der Waals surface area contributed by atoms with Gasteiger partial charge in [0.15, 0.2) is 0 Å². The number of rotatable bonds is 4. The van der Waals surface area contributed by atoms with Crippen molar-refractivity contribution in [1.82, 2.24) is 20.2 Å². The number of hydrogen-bond donors (Lipinski definition) is 2. The van der Waals surface area contributed by atoms with Gasteiger partial charge >= 0.3 is 12.0 Å². The molecular weight excluding hydrogens is 336 g/mol. The molecule has 3 rings (SSSR count). The van der Waals surface area contributed by atoms with E-state index in [9.17, 15) is 9.59 Å². The van der Waals surface area contributed by atoms with E-state index in [0.717, 1.165) is 22.7 Å². The van der Waals surface area contributed by atoms with Gasteiger partial charge in [0.1, 0.15) is 17.8 Å². The number of H-pyrrole nitrogens is 1. The van der Waals surface area contributed by atoms with Crippen LogP contribution in [-0.4, -0.2) is 53.7 Å². The van der Waals surface area contributed by atoms with Gasteiger partial charge in [-0.25, -0.2) is 14.6 Å². The zero-order valence-electron chi connectivity index (χ0n) is 15.0. The molecule has 2 amide bonds. The normalized spacial score (nSPS) is 17.2. The molecule has 26 heavy (non-hydrogen) atoms. The van der Waals surface area contributed by atoms with E-state index in [0.29, 0.717) is 13.0 Å². The second-order valence-electron chi connectivity index (χ2n) is 6.08. The van der Waals surface area contributed by atoms with Crippen LogP contribution in [0.25, 0.3) is 0 Å². The Morgan fingerprint density at radius 1 is 1.31 bits per heavy atom. The molecule has 0 aliphatic carbocycles. The van der Waals surface area contributed by atoms with Gasteiger partial charge in [-0.1, -0.05) is 12.1 Å². The molecule has 1 aliphatic heterocycles. The molecule has 0 unspecified atom stereocenters. The van der Waals surface area contributed by atoms with E-state index in [1.165, 1.54) is 7.11 Å². The first-order valence-electron chi connectivity index (χ1n) is 8.36. The number of nitrogens with one attached hydrogen (secondary N) is 2. The Hall–Kier alpha value is -3.03. The molecule has 0 radical (unpaired) electrons. The summed E-state index contributed by atoms with van der Waals surface area (Å²) in [6.45, 7) is 2.10. The third-order valence-electron chi connectivity index (χ3n) is 4.51. The Bertz CT molecular complexity index is 787. The van der Waals surface area contributed by atoms with Crippen molar-refractivity contribution >= 4 is 12.0 Å². The van der Waals surface area contributed by atoms with E-state index in [4.69, 9.17) is 4.74 Å². The van der Waals surface area contributed by atoms with E-state index in [-0.39, 0.29) is 12.1 Å². The summed E-state index contributed by atoms with van der Waals surface area (Å²) in [6, 6.07) is 6.12. The fraction of sp³-hybridized carbons (Fsp3) is 0.389. The lowest BCUT2D eigenvalue weighted by atomic mass is 9.96. The van der Waals surface area contributed by atoms with Crippen LogP contribution in [0.1, 0.15) is 29.9 Å². The van der Waals surface area contributed by atoms with Crippen molar-refractivity contribution in [2.45, 2.75) is 25.4 Å². The maximum Gasteiger partial charge on any atom is 0.328 e. The lowest BCUT2D eigenvalue weighted by Gasteiger charge is -2.35. The van der Waals surface area contributed by atoms with Crippen LogP contribution in [0.15, 0.2) is 30.6 Å². The number of methoxy groups -OCH3 is 2. The van der Waals surface area contributed by atoms with E-state index in [1.807, 2.05) is 24.3 Å². The average Bonchev–Trinajstić information content (AvgIpc) is 3.15. The fourth-order valence-electron chi connectivity index (χ4n) is 3.12. The number of aromatic nitrogens is 2. The van der Waals surface area contributed by atoms with Crippen LogP contribution in [0.3, 0.4) is 0 Å². The molecule has 1 aliphatic rings. The zero-order valence-corrected chi connectivity index (χ0v) is 15.0. The third-order valence-corrected chi connectivity index (χ3v) is 4.51. The Balaban J connectivity index is 1.90. The second kappa shape index (κ2) is 7.47.